The molecule has 0 fully saturated rings. The van der Waals surface area contributed by atoms with Crippen molar-refractivity contribution in [1.29, 1.82) is 0 Å². The van der Waals surface area contributed by atoms with E-state index in [0.717, 1.165) is 12.8 Å². The zero-order chi connectivity index (χ0) is 14.3. The van der Waals surface area contributed by atoms with Gasteiger partial charge in [0, 0.05) is 6.07 Å². The van der Waals surface area contributed by atoms with Gasteiger partial charge in [0.15, 0.2) is 0 Å². The second-order valence-corrected chi connectivity index (χ2v) is 4.82. The first-order chi connectivity index (χ1) is 9.13. The summed E-state index contributed by atoms with van der Waals surface area (Å²) in [5.41, 5.74) is 0.395. The van der Waals surface area contributed by atoms with Crippen molar-refractivity contribution in [3.05, 3.63) is 22.2 Å². The van der Waals surface area contributed by atoms with Crippen LogP contribution in [0.4, 0.5) is 0 Å². The summed E-state index contributed by atoms with van der Waals surface area (Å²) in [5.74, 6) is 0.734. The van der Waals surface area contributed by atoms with Gasteiger partial charge in [0.2, 0.25) is 0 Å². The molecular formula is C14H19BrO4. The van der Waals surface area contributed by atoms with Crippen molar-refractivity contribution < 1.29 is 19.0 Å². The van der Waals surface area contributed by atoms with Crippen LogP contribution in [0.3, 0.4) is 0 Å². The Morgan fingerprint density at radius 1 is 1.11 bits per heavy atom. The average molecular weight is 331 g/mol. The van der Waals surface area contributed by atoms with Crippen molar-refractivity contribution in [2.75, 3.05) is 20.3 Å². The first-order valence-corrected chi connectivity index (χ1v) is 7.10. The first kappa shape index (κ1) is 15.8. The second kappa shape index (κ2) is 8.04. The maximum absolute atomic E-state index is 11.7. The van der Waals surface area contributed by atoms with E-state index >= 15 is 0 Å². The van der Waals surface area contributed by atoms with Gasteiger partial charge in [-0.3, -0.25) is 0 Å². The van der Waals surface area contributed by atoms with Gasteiger partial charge in [-0.25, -0.2) is 4.79 Å². The molecule has 19 heavy (non-hydrogen) atoms. The van der Waals surface area contributed by atoms with Crippen LogP contribution in [0, 0.1) is 0 Å². The van der Waals surface area contributed by atoms with Crippen molar-refractivity contribution in [3.8, 4) is 11.5 Å². The summed E-state index contributed by atoms with van der Waals surface area (Å²) in [6.07, 6.45) is 1.78. The zero-order valence-electron chi connectivity index (χ0n) is 11.5. The minimum atomic E-state index is -0.422. The van der Waals surface area contributed by atoms with Crippen molar-refractivity contribution in [2.45, 2.75) is 26.7 Å². The maximum Gasteiger partial charge on any atom is 0.341 e. The quantitative estimate of drug-likeness (QED) is 0.713. The fraction of sp³-hybridized carbons (Fsp3) is 0.500. The lowest BCUT2D eigenvalue weighted by atomic mass is 10.2. The summed E-state index contributed by atoms with van der Waals surface area (Å²) < 4.78 is 16.6. The lowest BCUT2D eigenvalue weighted by molar-refractivity contribution is 0.0596. The van der Waals surface area contributed by atoms with Crippen molar-refractivity contribution in [3.63, 3.8) is 0 Å². The number of carbonyl (C=O) groups is 1. The number of hydrogen-bond donors (Lipinski definition) is 0. The fourth-order valence-electron chi connectivity index (χ4n) is 1.46. The molecule has 1 rings (SSSR count). The van der Waals surface area contributed by atoms with Crippen LogP contribution in [0.25, 0.3) is 0 Å². The summed E-state index contributed by atoms with van der Waals surface area (Å²) in [5, 5.41) is 0. The van der Waals surface area contributed by atoms with Gasteiger partial charge >= 0.3 is 5.97 Å². The molecule has 0 aliphatic heterocycles. The molecule has 0 saturated heterocycles. The molecule has 1 aromatic carbocycles. The molecule has 106 valence electrons. The third-order valence-electron chi connectivity index (χ3n) is 2.36. The number of methoxy groups -OCH3 is 1. The van der Waals surface area contributed by atoms with Gasteiger partial charge in [-0.1, -0.05) is 13.8 Å². The molecule has 0 aliphatic rings. The summed E-state index contributed by atoms with van der Waals surface area (Å²) >= 11 is 3.39. The molecule has 5 heteroatoms. The minimum absolute atomic E-state index is 0.395. The molecule has 1 aromatic rings. The Bertz CT molecular complexity index is 432. The Kier molecular flexibility index (Phi) is 6.70. The van der Waals surface area contributed by atoms with Gasteiger partial charge in [-0.2, -0.15) is 0 Å². The molecule has 0 atom stereocenters. The molecule has 0 aromatic heterocycles. The lowest BCUT2D eigenvalue weighted by Crippen LogP contribution is -2.07. The largest absolute Gasteiger partial charge is 0.493 e. The van der Waals surface area contributed by atoms with Gasteiger partial charge in [-0.05, 0) is 34.8 Å². The number of carbonyl (C=O) groups excluding carboxylic acids is 1. The molecule has 0 unspecified atom stereocenters. The van der Waals surface area contributed by atoms with E-state index in [1.165, 1.54) is 7.11 Å². The van der Waals surface area contributed by atoms with Crippen LogP contribution in [-0.2, 0) is 4.74 Å². The van der Waals surface area contributed by atoms with Crippen molar-refractivity contribution in [1.82, 2.24) is 0 Å². The lowest BCUT2D eigenvalue weighted by Gasteiger charge is -2.14. The Labute approximate surface area is 122 Å². The molecule has 0 bridgehead atoms. The fourth-order valence-corrected chi connectivity index (χ4v) is 1.92. The van der Waals surface area contributed by atoms with E-state index in [1.54, 1.807) is 12.1 Å². The smallest absolute Gasteiger partial charge is 0.341 e. The van der Waals surface area contributed by atoms with Gasteiger partial charge in [0.1, 0.15) is 17.1 Å². The molecule has 0 saturated carbocycles. The summed E-state index contributed by atoms with van der Waals surface area (Å²) in [7, 11) is 1.35. The molecule has 4 nitrogen and oxygen atoms in total. The SMILES string of the molecule is CCCOc1cc(OCCC)c(C(=O)OC)cc1Br. The third-order valence-corrected chi connectivity index (χ3v) is 2.98. The van der Waals surface area contributed by atoms with Crippen LogP contribution < -0.4 is 9.47 Å². The third kappa shape index (κ3) is 4.42. The Balaban J connectivity index is 3.08. The van der Waals surface area contributed by atoms with Crippen LogP contribution >= 0.6 is 15.9 Å². The van der Waals surface area contributed by atoms with Gasteiger partial charge in [0.05, 0.1) is 24.8 Å². The highest BCUT2D eigenvalue weighted by Gasteiger charge is 2.17. The molecule has 0 aliphatic carbocycles. The van der Waals surface area contributed by atoms with E-state index < -0.39 is 5.97 Å². The molecule has 0 N–H and O–H groups in total. The van der Waals surface area contributed by atoms with Crippen LogP contribution in [0.15, 0.2) is 16.6 Å². The highest BCUT2D eigenvalue weighted by Crippen LogP contribution is 2.33. The highest BCUT2D eigenvalue weighted by molar-refractivity contribution is 9.10. The van der Waals surface area contributed by atoms with Crippen molar-refractivity contribution >= 4 is 21.9 Å². The minimum Gasteiger partial charge on any atom is -0.493 e. The van der Waals surface area contributed by atoms with Gasteiger partial charge < -0.3 is 14.2 Å². The predicted octanol–water partition coefficient (Wildman–Crippen LogP) is 3.81. The van der Waals surface area contributed by atoms with Crippen LogP contribution in [-0.4, -0.2) is 26.3 Å². The molecule has 0 spiro atoms. The van der Waals surface area contributed by atoms with Gasteiger partial charge in [-0.15, -0.1) is 0 Å². The maximum atomic E-state index is 11.7. The molecule has 0 radical (unpaired) electrons. The number of hydrogen-bond acceptors (Lipinski definition) is 4. The van der Waals surface area contributed by atoms with E-state index in [9.17, 15) is 4.79 Å². The predicted molar refractivity (Wildman–Crippen MR) is 77.1 cm³/mol. The Hall–Kier alpha value is -1.23. The number of rotatable bonds is 7. The topological polar surface area (TPSA) is 44.8 Å². The summed E-state index contributed by atoms with van der Waals surface area (Å²) in [4.78, 5) is 11.7. The van der Waals surface area contributed by atoms with Crippen LogP contribution in [0.2, 0.25) is 0 Å². The standard InChI is InChI=1S/C14H19BrO4/c1-4-6-18-12-9-13(19-7-5-2)11(15)8-10(12)14(16)17-3/h8-9H,4-7H2,1-3H3. The van der Waals surface area contributed by atoms with E-state index in [4.69, 9.17) is 14.2 Å². The monoisotopic (exact) mass is 330 g/mol. The summed E-state index contributed by atoms with van der Waals surface area (Å²) in [6.45, 7) is 5.19. The van der Waals surface area contributed by atoms with E-state index in [2.05, 4.69) is 15.9 Å². The van der Waals surface area contributed by atoms with Crippen LogP contribution in [0.1, 0.15) is 37.0 Å². The zero-order valence-corrected chi connectivity index (χ0v) is 13.1. The van der Waals surface area contributed by atoms with Crippen molar-refractivity contribution in [2.24, 2.45) is 0 Å². The number of benzene rings is 1. The van der Waals surface area contributed by atoms with E-state index in [-0.39, 0.29) is 0 Å². The first-order valence-electron chi connectivity index (χ1n) is 6.31. The second-order valence-electron chi connectivity index (χ2n) is 3.97. The number of esters is 1. The average Bonchev–Trinajstić information content (AvgIpc) is 2.43. The molecule has 0 amide bonds. The van der Waals surface area contributed by atoms with E-state index in [1.807, 2.05) is 13.8 Å². The van der Waals surface area contributed by atoms with E-state index in [0.29, 0.717) is 34.7 Å². The number of halogens is 1. The summed E-state index contributed by atoms with van der Waals surface area (Å²) in [6, 6.07) is 3.39. The van der Waals surface area contributed by atoms with Gasteiger partial charge in [0.25, 0.3) is 0 Å². The Morgan fingerprint density at radius 2 is 1.68 bits per heavy atom. The molecule has 0 heterocycles. The Morgan fingerprint density at radius 3 is 2.21 bits per heavy atom. The number of ether oxygens (including phenoxy) is 3. The normalized spacial score (nSPS) is 10.1. The highest BCUT2D eigenvalue weighted by atomic mass is 79.9. The van der Waals surface area contributed by atoms with Crippen LogP contribution in [0.5, 0.6) is 11.5 Å². The molecular weight excluding hydrogens is 312 g/mol.